The standard InChI is InChI=1S/C50H38O4/c1-29-13-21-33(22-14-29)41(34-23-15-30(2)16-24-34)43-45(49(53)39-11-7-5-9-37(39)47(43)51)46-44(48(52)38-10-6-8-12-40(38)50(46)54)42(35-25-17-31(3)18-26-35)36-27-19-32(4)20-28-36/h5-28,45-46H,1-4H3/t45-,46-/m0/s1. The molecule has 0 N–H and O–H groups in total. The lowest BCUT2D eigenvalue weighted by atomic mass is 9.61. The van der Waals surface area contributed by atoms with Crippen molar-refractivity contribution in [1.29, 1.82) is 0 Å². The Labute approximate surface area is 315 Å². The average Bonchev–Trinajstić information content (AvgIpc) is 3.19. The van der Waals surface area contributed by atoms with E-state index in [1.807, 2.05) is 125 Å². The molecule has 0 saturated heterocycles. The summed E-state index contributed by atoms with van der Waals surface area (Å²) in [5.41, 5.74) is 9.71. The number of carbonyl (C=O) groups is 4. The first-order valence-corrected chi connectivity index (χ1v) is 18.2. The Bertz CT molecular complexity index is 2290. The molecule has 262 valence electrons. The van der Waals surface area contributed by atoms with Crippen LogP contribution in [0, 0.1) is 39.5 Å². The Hall–Kier alpha value is -6.52. The lowest BCUT2D eigenvalue weighted by Crippen LogP contribution is -2.43. The molecule has 2 atom stereocenters. The summed E-state index contributed by atoms with van der Waals surface area (Å²) in [7, 11) is 0. The van der Waals surface area contributed by atoms with Gasteiger partial charge in [0.05, 0.1) is 11.8 Å². The van der Waals surface area contributed by atoms with E-state index in [4.69, 9.17) is 0 Å². The predicted octanol–water partition coefficient (Wildman–Crippen LogP) is 10.6. The zero-order valence-corrected chi connectivity index (χ0v) is 30.6. The van der Waals surface area contributed by atoms with E-state index in [9.17, 15) is 0 Å². The first-order valence-electron chi connectivity index (χ1n) is 18.2. The minimum absolute atomic E-state index is 0.210. The highest BCUT2D eigenvalue weighted by Crippen LogP contribution is 2.49. The van der Waals surface area contributed by atoms with Gasteiger partial charge in [-0.3, -0.25) is 19.2 Å². The van der Waals surface area contributed by atoms with Crippen LogP contribution in [0.3, 0.4) is 0 Å². The van der Waals surface area contributed by atoms with Crippen molar-refractivity contribution in [3.63, 3.8) is 0 Å². The SMILES string of the molecule is Cc1ccc(C(=C2C(=O)c3ccccc3C(=O)[C@@H]2[C@H]2C(=O)c3ccccc3C(=O)C2=C(c2ccc(C)cc2)c2ccc(C)cc2)c2ccc(C)cc2)cc1. The van der Waals surface area contributed by atoms with Crippen LogP contribution in [0.1, 0.15) is 85.9 Å². The van der Waals surface area contributed by atoms with Gasteiger partial charge >= 0.3 is 0 Å². The molecule has 2 aliphatic rings. The molecule has 0 radical (unpaired) electrons. The number of allylic oxidation sites excluding steroid dienone is 2. The van der Waals surface area contributed by atoms with E-state index in [1.165, 1.54) is 0 Å². The van der Waals surface area contributed by atoms with Gasteiger partial charge in [-0.2, -0.15) is 0 Å². The molecule has 0 heterocycles. The molecule has 0 bridgehead atoms. The Kier molecular flexibility index (Phi) is 8.83. The molecule has 2 aliphatic carbocycles. The summed E-state index contributed by atoms with van der Waals surface area (Å²) >= 11 is 0. The zero-order chi connectivity index (χ0) is 37.7. The average molecular weight is 703 g/mol. The van der Waals surface area contributed by atoms with E-state index in [2.05, 4.69) is 0 Å². The fourth-order valence-electron chi connectivity index (χ4n) is 7.97. The molecule has 0 aromatic heterocycles. The molecule has 6 aromatic rings. The number of rotatable bonds is 5. The minimum atomic E-state index is -1.31. The smallest absolute Gasteiger partial charge is 0.191 e. The lowest BCUT2D eigenvalue weighted by molar-refractivity contribution is 0.0766. The zero-order valence-electron chi connectivity index (χ0n) is 30.6. The topological polar surface area (TPSA) is 68.3 Å². The normalized spacial score (nSPS) is 16.6. The molecule has 0 aliphatic heterocycles. The van der Waals surface area contributed by atoms with E-state index in [1.54, 1.807) is 48.5 Å². The van der Waals surface area contributed by atoms with Crippen LogP contribution in [-0.2, 0) is 0 Å². The number of fused-ring (bicyclic) bond motifs is 2. The molecule has 0 spiro atoms. The molecule has 8 rings (SSSR count). The maximum atomic E-state index is 15.4. The molecule has 0 saturated carbocycles. The van der Waals surface area contributed by atoms with Crippen LogP contribution in [0.15, 0.2) is 157 Å². The fraction of sp³-hybridized carbons (Fsp3) is 0.120. The molecule has 0 unspecified atom stereocenters. The number of Topliss-reactive ketones (excluding diaryl/α,β-unsaturated/α-hetero) is 4. The van der Waals surface area contributed by atoms with Crippen molar-refractivity contribution in [1.82, 2.24) is 0 Å². The van der Waals surface area contributed by atoms with Crippen molar-refractivity contribution in [2.75, 3.05) is 0 Å². The second-order valence-corrected chi connectivity index (χ2v) is 14.5. The van der Waals surface area contributed by atoms with Gasteiger partial charge in [0, 0.05) is 33.4 Å². The molecular weight excluding hydrogens is 665 g/mol. The molecule has 4 nitrogen and oxygen atoms in total. The van der Waals surface area contributed by atoms with Crippen LogP contribution in [0.5, 0.6) is 0 Å². The monoisotopic (exact) mass is 702 g/mol. The van der Waals surface area contributed by atoms with Crippen LogP contribution in [-0.4, -0.2) is 23.1 Å². The summed E-state index contributed by atoms with van der Waals surface area (Å²) in [4.78, 5) is 61.2. The summed E-state index contributed by atoms with van der Waals surface area (Å²) in [6.45, 7) is 7.98. The fourth-order valence-corrected chi connectivity index (χ4v) is 7.97. The number of benzene rings is 6. The highest BCUT2D eigenvalue weighted by molar-refractivity contribution is 6.32. The molecule has 6 aromatic carbocycles. The van der Waals surface area contributed by atoms with Gasteiger partial charge in [-0.25, -0.2) is 0 Å². The summed E-state index contributed by atoms with van der Waals surface area (Å²) in [6, 6.07) is 45.1. The van der Waals surface area contributed by atoms with Crippen molar-refractivity contribution in [3.05, 3.63) is 224 Å². The molecule has 54 heavy (non-hydrogen) atoms. The molecule has 0 fully saturated rings. The Morgan fingerprint density at radius 3 is 0.833 bits per heavy atom. The quantitative estimate of drug-likeness (QED) is 0.168. The van der Waals surface area contributed by atoms with Gasteiger partial charge in [0.25, 0.3) is 0 Å². The van der Waals surface area contributed by atoms with E-state index >= 15 is 19.2 Å². The molecule has 0 amide bonds. The van der Waals surface area contributed by atoms with Crippen LogP contribution >= 0.6 is 0 Å². The highest BCUT2D eigenvalue weighted by atomic mass is 16.2. The number of hydrogen-bond donors (Lipinski definition) is 0. The van der Waals surface area contributed by atoms with Gasteiger partial charge in [0.2, 0.25) is 0 Å². The largest absolute Gasteiger partial charge is 0.293 e. The lowest BCUT2D eigenvalue weighted by Gasteiger charge is -2.37. The Morgan fingerprint density at radius 1 is 0.333 bits per heavy atom. The van der Waals surface area contributed by atoms with Crippen molar-refractivity contribution in [3.8, 4) is 0 Å². The van der Waals surface area contributed by atoms with E-state index in [0.717, 1.165) is 44.5 Å². The maximum Gasteiger partial charge on any atom is 0.191 e. The first-order chi connectivity index (χ1) is 26.1. The number of ketones is 4. The molecule has 4 heteroatoms. The summed E-state index contributed by atoms with van der Waals surface area (Å²) in [5, 5.41) is 0. The minimum Gasteiger partial charge on any atom is -0.293 e. The van der Waals surface area contributed by atoms with Crippen molar-refractivity contribution in [2.24, 2.45) is 11.8 Å². The van der Waals surface area contributed by atoms with Crippen molar-refractivity contribution < 1.29 is 19.2 Å². The van der Waals surface area contributed by atoms with Gasteiger partial charge < -0.3 is 0 Å². The van der Waals surface area contributed by atoms with Gasteiger partial charge in [-0.05, 0) is 61.1 Å². The first kappa shape index (κ1) is 34.6. The highest BCUT2D eigenvalue weighted by Gasteiger charge is 2.51. The second-order valence-electron chi connectivity index (χ2n) is 14.5. The van der Waals surface area contributed by atoms with Crippen LogP contribution in [0.25, 0.3) is 11.1 Å². The van der Waals surface area contributed by atoms with Gasteiger partial charge in [0.1, 0.15) is 0 Å². The second kappa shape index (κ2) is 13.8. The third-order valence-corrected chi connectivity index (χ3v) is 10.8. The maximum absolute atomic E-state index is 15.4. The molecular formula is C50H38O4. The van der Waals surface area contributed by atoms with Gasteiger partial charge in [-0.15, -0.1) is 0 Å². The number of aryl methyl sites for hydroxylation is 4. The third kappa shape index (κ3) is 5.90. The third-order valence-electron chi connectivity index (χ3n) is 10.8. The predicted molar refractivity (Wildman–Crippen MR) is 214 cm³/mol. The summed E-state index contributed by atoms with van der Waals surface area (Å²) in [6.07, 6.45) is 0. The van der Waals surface area contributed by atoms with Gasteiger partial charge in [-0.1, -0.05) is 168 Å². The van der Waals surface area contributed by atoms with E-state index < -0.39 is 11.8 Å². The van der Waals surface area contributed by atoms with Crippen LogP contribution in [0.2, 0.25) is 0 Å². The van der Waals surface area contributed by atoms with Crippen LogP contribution < -0.4 is 0 Å². The van der Waals surface area contributed by atoms with Crippen molar-refractivity contribution >= 4 is 34.3 Å². The summed E-state index contributed by atoms with van der Waals surface area (Å²) in [5.74, 6) is -4.03. The Balaban J connectivity index is 1.54. The van der Waals surface area contributed by atoms with E-state index in [0.29, 0.717) is 11.1 Å². The van der Waals surface area contributed by atoms with E-state index in [-0.39, 0.29) is 56.5 Å². The summed E-state index contributed by atoms with van der Waals surface area (Å²) < 4.78 is 0. The Morgan fingerprint density at radius 2 is 0.574 bits per heavy atom. The number of hydrogen-bond acceptors (Lipinski definition) is 4. The van der Waals surface area contributed by atoms with Crippen LogP contribution in [0.4, 0.5) is 0 Å². The van der Waals surface area contributed by atoms with Gasteiger partial charge in [0.15, 0.2) is 23.1 Å². The number of carbonyl (C=O) groups excluding carboxylic acids is 4. The van der Waals surface area contributed by atoms with Crippen molar-refractivity contribution in [2.45, 2.75) is 27.7 Å².